The number of hydrogen-bond donors (Lipinski definition) is 0. The molecule has 1 saturated heterocycles. The molecule has 3 rings (SSSR count). The van der Waals surface area contributed by atoms with Crippen molar-refractivity contribution in [2.24, 2.45) is 0 Å². The summed E-state index contributed by atoms with van der Waals surface area (Å²) in [5.74, 6) is 0.681. The van der Waals surface area contributed by atoms with Crippen molar-refractivity contribution in [1.29, 1.82) is 0 Å². The number of likely N-dealkylation sites (tertiary alicyclic amines) is 1. The molecule has 6 nitrogen and oxygen atoms in total. The van der Waals surface area contributed by atoms with Gasteiger partial charge in [-0.05, 0) is 43.0 Å². The molecule has 0 aromatic heterocycles. The molecule has 0 atom stereocenters. The third-order valence-electron chi connectivity index (χ3n) is 3.86. The summed E-state index contributed by atoms with van der Waals surface area (Å²) >= 11 is 0. The molecule has 0 spiro atoms. The van der Waals surface area contributed by atoms with Gasteiger partial charge in [0.05, 0.1) is 0 Å². The molecule has 2 aliphatic heterocycles. The average molecular weight is 317 g/mol. The zero-order valence-electron chi connectivity index (χ0n) is 12.8. The summed E-state index contributed by atoms with van der Waals surface area (Å²) in [6.07, 6.45) is 6.12. The number of carbonyl (C=O) groups excluding carboxylic acids is 2. The molecule has 1 amide bonds. The van der Waals surface area contributed by atoms with E-state index in [1.165, 1.54) is 6.08 Å². The number of nitrogens with zero attached hydrogens (tertiary/aromatic N) is 1. The van der Waals surface area contributed by atoms with Crippen LogP contribution < -0.4 is 9.47 Å². The Balaban J connectivity index is 1.48. The lowest BCUT2D eigenvalue weighted by Crippen LogP contribution is -2.38. The van der Waals surface area contributed by atoms with Crippen molar-refractivity contribution in [1.82, 2.24) is 4.90 Å². The summed E-state index contributed by atoms with van der Waals surface area (Å²) in [6, 6.07) is 5.38. The van der Waals surface area contributed by atoms with Gasteiger partial charge in [0, 0.05) is 19.2 Å². The number of esters is 1. The van der Waals surface area contributed by atoms with Crippen molar-refractivity contribution in [2.75, 3.05) is 26.5 Å². The molecular formula is C17H19NO5. The normalized spacial score (nSPS) is 16.6. The maximum absolute atomic E-state index is 11.9. The molecule has 1 fully saturated rings. The van der Waals surface area contributed by atoms with Crippen molar-refractivity contribution >= 4 is 18.0 Å². The molecule has 2 aliphatic rings. The predicted molar refractivity (Wildman–Crippen MR) is 83.0 cm³/mol. The lowest BCUT2D eigenvalue weighted by atomic mass is 10.1. The minimum atomic E-state index is -0.534. The first-order valence-corrected chi connectivity index (χ1v) is 7.74. The Hall–Kier alpha value is -2.50. The Morgan fingerprint density at radius 1 is 1.13 bits per heavy atom. The highest BCUT2D eigenvalue weighted by Crippen LogP contribution is 2.32. The third-order valence-corrected chi connectivity index (χ3v) is 3.86. The standard InChI is InChI=1S/C17H19NO5/c19-16(18-8-2-1-3-9-18)11-21-17(20)7-5-13-4-6-14-15(10-13)23-12-22-14/h4-7,10H,1-3,8-9,11-12H2. The van der Waals surface area contributed by atoms with Gasteiger partial charge in [-0.1, -0.05) is 6.07 Å². The zero-order chi connectivity index (χ0) is 16.1. The molecule has 23 heavy (non-hydrogen) atoms. The first kappa shape index (κ1) is 15.4. The molecule has 1 aromatic rings. The SMILES string of the molecule is O=C(C=Cc1ccc2c(c1)OCO2)OCC(=O)N1CCCCC1. The summed E-state index contributed by atoms with van der Waals surface area (Å²) in [5, 5.41) is 0. The van der Waals surface area contributed by atoms with Gasteiger partial charge in [0.1, 0.15) is 0 Å². The van der Waals surface area contributed by atoms with Crippen LogP contribution in [-0.2, 0) is 14.3 Å². The van der Waals surface area contributed by atoms with Crippen molar-refractivity contribution in [3.05, 3.63) is 29.8 Å². The number of rotatable bonds is 4. The van der Waals surface area contributed by atoms with Crippen LogP contribution >= 0.6 is 0 Å². The van der Waals surface area contributed by atoms with Crippen molar-refractivity contribution < 1.29 is 23.8 Å². The first-order chi connectivity index (χ1) is 11.2. The van der Waals surface area contributed by atoms with Crippen LogP contribution in [0.1, 0.15) is 24.8 Å². The number of piperidine rings is 1. The van der Waals surface area contributed by atoms with Crippen LogP contribution in [0.15, 0.2) is 24.3 Å². The molecule has 2 heterocycles. The Morgan fingerprint density at radius 2 is 1.91 bits per heavy atom. The molecular weight excluding hydrogens is 298 g/mol. The van der Waals surface area contributed by atoms with Gasteiger partial charge in [-0.2, -0.15) is 0 Å². The topological polar surface area (TPSA) is 65.1 Å². The number of amides is 1. The minimum Gasteiger partial charge on any atom is -0.454 e. The van der Waals surface area contributed by atoms with Crippen LogP contribution in [0.4, 0.5) is 0 Å². The van der Waals surface area contributed by atoms with E-state index in [1.54, 1.807) is 23.1 Å². The van der Waals surface area contributed by atoms with E-state index >= 15 is 0 Å². The second-order valence-electron chi connectivity index (χ2n) is 5.50. The average Bonchev–Trinajstić information content (AvgIpc) is 3.06. The maximum Gasteiger partial charge on any atom is 0.331 e. The molecule has 0 saturated carbocycles. The highest BCUT2D eigenvalue weighted by Gasteiger charge is 2.17. The number of carbonyl (C=O) groups is 2. The largest absolute Gasteiger partial charge is 0.454 e. The number of fused-ring (bicyclic) bond motifs is 1. The van der Waals surface area contributed by atoms with Crippen LogP contribution in [0.3, 0.4) is 0 Å². The minimum absolute atomic E-state index is 0.130. The van der Waals surface area contributed by atoms with E-state index in [-0.39, 0.29) is 19.3 Å². The van der Waals surface area contributed by atoms with E-state index in [9.17, 15) is 9.59 Å². The molecule has 0 radical (unpaired) electrons. The highest BCUT2D eigenvalue weighted by molar-refractivity contribution is 5.89. The van der Waals surface area contributed by atoms with E-state index in [2.05, 4.69) is 0 Å². The molecule has 0 bridgehead atoms. The lowest BCUT2D eigenvalue weighted by Gasteiger charge is -2.26. The van der Waals surface area contributed by atoms with Gasteiger partial charge < -0.3 is 19.1 Å². The molecule has 6 heteroatoms. The number of benzene rings is 1. The van der Waals surface area contributed by atoms with Crippen LogP contribution in [0.25, 0.3) is 6.08 Å². The smallest absolute Gasteiger partial charge is 0.331 e. The lowest BCUT2D eigenvalue weighted by molar-refractivity contribution is -0.148. The summed E-state index contributed by atoms with van der Waals surface area (Å²) in [6.45, 7) is 1.51. The van der Waals surface area contributed by atoms with Gasteiger partial charge in [-0.3, -0.25) is 4.79 Å². The van der Waals surface area contributed by atoms with Crippen LogP contribution in [0, 0.1) is 0 Å². The zero-order valence-corrected chi connectivity index (χ0v) is 12.8. The quantitative estimate of drug-likeness (QED) is 0.627. The van der Waals surface area contributed by atoms with E-state index < -0.39 is 5.97 Å². The fourth-order valence-electron chi connectivity index (χ4n) is 2.60. The first-order valence-electron chi connectivity index (χ1n) is 7.74. The van der Waals surface area contributed by atoms with Crippen LogP contribution in [-0.4, -0.2) is 43.3 Å². The monoisotopic (exact) mass is 317 g/mol. The van der Waals surface area contributed by atoms with Gasteiger partial charge >= 0.3 is 5.97 Å². The second-order valence-corrected chi connectivity index (χ2v) is 5.50. The van der Waals surface area contributed by atoms with Crippen LogP contribution in [0.5, 0.6) is 11.5 Å². The maximum atomic E-state index is 11.9. The molecule has 1 aromatic carbocycles. The van der Waals surface area contributed by atoms with Gasteiger partial charge in [-0.15, -0.1) is 0 Å². The Morgan fingerprint density at radius 3 is 2.74 bits per heavy atom. The summed E-state index contributed by atoms with van der Waals surface area (Å²) in [4.78, 5) is 25.3. The Labute approximate surface area is 134 Å². The van der Waals surface area contributed by atoms with Crippen molar-refractivity contribution in [3.8, 4) is 11.5 Å². The Bertz CT molecular complexity index is 619. The van der Waals surface area contributed by atoms with E-state index in [4.69, 9.17) is 14.2 Å². The van der Waals surface area contributed by atoms with Gasteiger partial charge in [0.15, 0.2) is 18.1 Å². The summed E-state index contributed by atoms with van der Waals surface area (Å²) < 4.78 is 15.5. The van der Waals surface area contributed by atoms with Crippen molar-refractivity contribution in [2.45, 2.75) is 19.3 Å². The molecule has 0 N–H and O–H groups in total. The van der Waals surface area contributed by atoms with E-state index in [0.717, 1.165) is 37.9 Å². The number of hydrogen-bond acceptors (Lipinski definition) is 5. The summed E-state index contributed by atoms with van der Waals surface area (Å²) in [5.41, 5.74) is 0.800. The molecule has 0 unspecified atom stereocenters. The molecule has 122 valence electrons. The highest BCUT2D eigenvalue weighted by atomic mass is 16.7. The van der Waals surface area contributed by atoms with E-state index in [0.29, 0.717) is 11.5 Å². The van der Waals surface area contributed by atoms with Crippen LogP contribution in [0.2, 0.25) is 0 Å². The summed E-state index contributed by atoms with van der Waals surface area (Å²) in [7, 11) is 0. The third kappa shape index (κ3) is 4.03. The molecule has 0 aliphatic carbocycles. The van der Waals surface area contributed by atoms with Gasteiger partial charge in [0.2, 0.25) is 6.79 Å². The van der Waals surface area contributed by atoms with Gasteiger partial charge in [-0.25, -0.2) is 4.79 Å². The second kappa shape index (κ2) is 7.17. The Kier molecular flexibility index (Phi) is 4.80. The van der Waals surface area contributed by atoms with E-state index in [1.807, 2.05) is 6.07 Å². The number of ether oxygens (including phenoxy) is 3. The predicted octanol–water partition coefficient (Wildman–Crippen LogP) is 1.98. The van der Waals surface area contributed by atoms with Crippen molar-refractivity contribution in [3.63, 3.8) is 0 Å². The van der Waals surface area contributed by atoms with Gasteiger partial charge in [0.25, 0.3) is 5.91 Å². The fraction of sp³-hybridized carbons (Fsp3) is 0.412. The fourth-order valence-corrected chi connectivity index (χ4v) is 2.60.